The summed E-state index contributed by atoms with van der Waals surface area (Å²) in [7, 11) is 0. The Hall–Kier alpha value is -2.94. The van der Waals surface area contributed by atoms with E-state index < -0.39 is 5.60 Å². The molecule has 42 heavy (non-hydrogen) atoms. The highest BCUT2D eigenvalue weighted by Gasteiger charge is 2.31. The van der Waals surface area contributed by atoms with Crippen molar-refractivity contribution in [1.82, 2.24) is 0 Å². The molecule has 0 spiro atoms. The molecule has 2 N–H and O–H groups in total. The highest BCUT2D eigenvalue weighted by atomic mass is 16.3. The van der Waals surface area contributed by atoms with E-state index in [1.165, 1.54) is 39.0 Å². The molecule has 230 valence electrons. The summed E-state index contributed by atoms with van der Waals surface area (Å²) in [6.45, 7) is 20.9. The molecule has 0 aromatic carbocycles. The van der Waals surface area contributed by atoms with Gasteiger partial charge in [-0.05, 0) is 98.5 Å². The molecule has 1 aliphatic rings. The average molecular weight is 571 g/mol. The zero-order valence-electron chi connectivity index (χ0n) is 28.2. The van der Waals surface area contributed by atoms with E-state index in [2.05, 4.69) is 147 Å². The Kier molecular flexibility index (Phi) is 16.4. The first-order chi connectivity index (χ1) is 19.6. The molecule has 0 amide bonds. The molecule has 0 saturated carbocycles. The van der Waals surface area contributed by atoms with Gasteiger partial charge < -0.3 is 10.2 Å². The Bertz CT molecular complexity index is 1200. The second-order valence-corrected chi connectivity index (χ2v) is 13.3. The topological polar surface area (TPSA) is 40.5 Å². The molecule has 0 aromatic rings. The molecule has 0 radical (unpaired) electrons. The van der Waals surface area contributed by atoms with Gasteiger partial charge in [-0.2, -0.15) is 0 Å². The lowest BCUT2D eigenvalue weighted by Crippen LogP contribution is -2.28. The van der Waals surface area contributed by atoms with Gasteiger partial charge in [-0.1, -0.05) is 138 Å². The summed E-state index contributed by atoms with van der Waals surface area (Å²) in [5, 5.41) is 19.9. The highest BCUT2D eigenvalue weighted by Crippen LogP contribution is 2.41. The van der Waals surface area contributed by atoms with Gasteiger partial charge in [-0.3, -0.25) is 0 Å². The van der Waals surface area contributed by atoms with Crippen molar-refractivity contribution in [3.63, 3.8) is 0 Å². The molecule has 2 nitrogen and oxygen atoms in total. The van der Waals surface area contributed by atoms with Crippen LogP contribution in [0.2, 0.25) is 0 Å². The van der Waals surface area contributed by atoms with Crippen molar-refractivity contribution in [1.29, 1.82) is 0 Å². The Labute approximate surface area is 258 Å². The first-order valence-electron chi connectivity index (χ1n) is 15.4. The Morgan fingerprint density at radius 1 is 0.762 bits per heavy atom. The molecule has 1 rings (SSSR count). The largest absolute Gasteiger partial charge is 0.393 e. The third-order valence-corrected chi connectivity index (χ3v) is 7.35. The van der Waals surface area contributed by atoms with Crippen LogP contribution in [0.15, 0.2) is 130 Å². The number of hydrogen-bond donors (Lipinski definition) is 2. The number of hydrogen-bond acceptors (Lipinski definition) is 2. The maximum absolute atomic E-state index is 10.1. The van der Waals surface area contributed by atoms with Crippen molar-refractivity contribution >= 4 is 0 Å². The van der Waals surface area contributed by atoms with Gasteiger partial charge in [-0.25, -0.2) is 0 Å². The second-order valence-electron chi connectivity index (χ2n) is 13.3. The quantitative estimate of drug-likeness (QED) is 0.204. The van der Waals surface area contributed by atoms with Crippen molar-refractivity contribution in [2.45, 2.75) is 113 Å². The molecule has 1 atom stereocenters. The normalized spacial score (nSPS) is 20.6. The summed E-state index contributed by atoms with van der Waals surface area (Å²) >= 11 is 0. The van der Waals surface area contributed by atoms with Gasteiger partial charge >= 0.3 is 0 Å². The Balaban J connectivity index is 2.58. The number of allylic oxidation sites excluding steroid dienone is 21. The molecule has 0 heterocycles. The van der Waals surface area contributed by atoms with Gasteiger partial charge in [0.15, 0.2) is 0 Å². The first-order valence-corrected chi connectivity index (χ1v) is 15.4. The predicted octanol–water partition coefficient (Wildman–Crippen LogP) is 10.9. The minimum atomic E-state index is -0.579. The van der Waals surface area contributed by atoms with Gasteiger partial charge in [0, 0.05) is 0 Å². The van der Waals surface area contributed by atoms with Crippen LogP contribution in [0.1, 0.15) is 101 Å². The molecule has 0 aliphatic heterocycles. The molecule has 0 saturated heterocycles. The third kappa shape index (κ3) is 17.1. The van der Waals surface area contributed by atoms with Crippen LogP contribution in [-0.2, 0) is 0 Å². The first kappa shape index (κ1) is 37.1. The summed E-state index contributed by atoms with van der Waals surface area (Å²) in [5.74, 6) is 0. The number of aliphatic hydroxyl groups is 2. The van der Waals surface area contributed by atoms with Crippen LogP contribution >= 0.6 is 0 Å². The smallest absolute Gasteiger partial charge is 0.0591 e. The molecule has 0 bridgehead atoms. The van der Waals surface area contributed by atoms with Crippen molar-refractivity contribution in [2.24, 2.45) is 5.41 Å². The van der Waals surface area contributed by atoms with Crippen LogP contribution in [0, 0.1) is 5.41 Å². The summed E-state index contributed by atoms with van der Waals surface area (Å²) < 4.78 is 0. The number of rotatable bonds is 14. The molecular formula is C40H58O2. The van der Waals surface area contributed by atoms with E-state index in [1.54, 1.807) is 0 Å². The maximum Gasteiger partial charge on any atom is 0.0591 e. The minimum Gasteiger partial charge on any atom is -0.393 e. The van der Waals surface area contributed by atoms with E-state index >= 15 is 0 Å². The zero-order valence-corrected chi connectivity index (χ0v) is 28.2. The molecule has 1 aliphatic carbocycles. The lowest BCUT2D eigenvalue weighted by Gasteiger charge is -2.35. The van der Waals surface area contributed by atoms with Crippen molar-refractivity contribution in [3.05, 3.63) is 130 Å². The van der Waals surface area contributed by atoms with Crippen LogP contribution in [0.5, 0.6) is 0 Å². The Morgan fingerprint density at radius 2 is 1.21 bits per heavy atom. The molecule has 2 heteroatoms. The van der Waals surface area contributed by atoms with E-state index in [-0.39, 0.29) is 11.5 Å². The second kappa shape index (κ2) is 18.6. The van der Waals surface area contributed by atoms with Gasteiger partial charge in [0.25, 0.3) is 0 Å². The van der Waals surface area contributed by atoms with Gasteiger partial charge in [0.2, 0.25) is 0 Å². The third-order valence-electron chi connectivity index (χ3n) is 7.35. The SMILES string of the molecule is CC1=C(/C=C/C(C)=C/C=C/C(C)=C/C=C/C=C(C)/C=C/C=C(C)/C=C/C=C(\C)CCCC(C)(C)O)C(C)(C)CC(O)C1. The maximum atomic E-state index is 10.1. The molecule has 1 unspecified atom stereocenters. The summed E-state index contributed by atoms with van der Waals surface area (Å²) in [4.78, 5) is 0. The van der Waals surface area contributed by atoms with E-state index in [0.29, 0.717) is 0 Å². The fraction of sp³-hybridized carbons (Fsp3) is 0.450. The molecule has 0 aromatic heterocycles. The van der Waals surface area contributed by atoms with Gasteiger partial charge in [0.05, 0.1) is 11.7 Å². The standard InChI is InChI=1S/C40H58O2/c1-31(19-13-21-33(3)22-14-23-34(4)25-16-28-40(9,10)42)17-11-12-18-32(2)20-15-24-35(5)26-27-38-36(6)29-37(41)30-39(38,7)8/h11-15,17-24,26-27,37,41-42H,16,25,28-30H2,1-10H3/b12-11+,19-13+,20-15+,22-14+,27-26+,31-17+,32-18+,33-21+,34-23+,35-24+. The van der Waals surface area contributed by atoms with Crippen LogP contribution in [0.4, 0.5) is 0 Å². The minimum absolute atomic E-state index is 0.00635. The van der Waals surface area contributed by atoms with Crippen molar-refractivity contribution in [2.75, 3.05) is 0 Å². The highest BCUT2D eigenvalue weighted by molar-refractivity contribution is 5.38. The number of aliphatic hydroxyl groups excluding tert-OH is 1. The Morgan fingerprint density at radius 3 is 1.69 bits per heavy atom. The van der Waals surface area contributed by atoms with Crippen LogP contribution in [0.3, 0.4) is 0 Å². The average Bonchev–Trinajstić information content (AvgIpc) is 2.84. The lowest BCUT2D eigenvalue weighted by atomic mass is 9.71. The zero-order chi connectivity index (χ0) is 31.8. The summed E-state index contributed by atoms with van der Waals surface area (Å²) in [6, 6.07) is 0. The summed E-state index contributed by atoms with van der Waals surface area (Å²) in [5.41, 5.74) is 8.17. The van der Waals surface area contributed by atoms with Crippen LogP contribution < -0.4 is 0 Å². The lowest BCUT2D eigenvalue weighted by molar-refractivity contribution is 0.0689. The monoisotopic (exact) mass is 570 g/mol. The van der Waals surface area contributed by atoms with E-state index in [0.717, 1.165) is 32.1 Å². The van der Waals surface area contributed by atoms with Crippen molar-refractivity contribution in [3.8, 4) is 0 Å². The van der Waals surface area contributed by atoms with E-state index in [9.17, 15) is 10.2 Å². The predicted molar refractivity (Wildman–Crippen MR) is 186 cm³/mol. The van der Waals surface area contributed by atoms with E-state index in [4.69, 9.17) is 0 Å². The van der Waals surface area contributed by atoms with Crippen molar-refractivity contribution < 1.29 is 10.2 Å². The summed E-state index contributed by atoms with van der Waals surface area (Å²) in [6.07, 6.45) is 36.0. The van der Waals surface area contributed by atoms with Gasteiger partial charge in [-0.15, -0.1) is 0 Å². The molecule has 0 fully saturated rings. The van der Waals surface area contributed by atoms with Crippen LogP contribution in [0.25, 0.3) is 0 Å². The van der Waals surface area contributed by atoms with E-state index in [1.807, 2.05) is 13.8 Å². The fourth-order valence-corrected chi connectivity index (χ4v) is 4.98. The van der Waals surface area contributed by atoms with Gasteiger partial charge in [0.1, 0.15) is 0 Å². The molecular weight excluding hydrogens is 512 g/mol. The fourth-order valence-electron chi connectivity index (χ4n) is 4.98. The van der Waals surface area contributed by atoms with Crippen LogP contribution in [-0.4, -0.2) is 21.9 Å².